The van der Waals surface area contributed by atoms with Gasteiger partial charge in [-0.25, -0.2) is 4.98 Å². The summed E-state index contributed by atoms with van der Waals surface area (Å²) in [5, 5.41) is 7.17. The molecule has 0 radical (unpaired) electrons. The van der Waals surface area contributed by atoms with Crippen molar-refractivity contribution in [3.8, 4) is 0 Å². The fraction of sp³-hybridized carbons (Fsp3) is 0.733. The minimum atomic E-state index is 0.279. The quantitative estimate of drug-likeness (QED) is 0.890. The summed E-state index contributed by atoms with van der Waals surface area (Å²) in [7, 11) is 1.82. The van der Waals surface area contributed by atoms with Crippen LogP contribution in [0.5, 0.6) is 0 Å². The van der Waals surface area contributed by atoms with E-state index in [2.05, 4.69) is 41.4 Å². The normalized spacial score (nSPS) is 34.2. The molecule has 2 aliphatic carbocycles. The Balaban J connectivity index is 1.91. The molecule has 3 atom stereocenters. The number of aromatic nitrogens is 2. The maximum atomic E-state index is 6.26. The molecule has 0 amide bonds. The largest absolute Gasteiger partial charge is 0.365 e. The number of rotatable bonds is 3. The van der Waals surface area contributed by atoms with E-state index >= 15 is 0 Å². The van der Waals surface area contributed by atoms with Crippen molar-refractivity contribution in [3.63, 3.8) is 0 Å². The third-order valence-electron chi connectivity index (χ3n) is 5.52. The Morgan fingerprint density at radius 2 is 2.10 bits per heavy atom. The van der Waals surface area contributed by atoms with Gasteiger partial charge in [-0.15, -0.1) is 0 Å². The smallest absolute Gasteiger partial charge is 0.224 e. The zero-order valence-electron chi connectivity index (χ0n) is 12.6. The van der Waals surface area contributed by atoms with Gasteiger partial charge in [-0.3, -0.25) is 0 Å². The number of halogens is 1. The lowest BCUT2D eigenvalue weighted by atomic mass is 9.68. The van der Waals surface area contributed by atoms with Crippen LogP contribution in [0.4, 0.5) is 11.8 Å². The van der Waals surface area contributed by atoms with Crippen LogP contribution in [-0.2, 0) is 0 Å². The molecule has 2 fully saturated rings. The molecule has 4 nitrogen and oxygen atoms in total. The van der Waals surface area contributed by atoms with E-state index < -0.39 is 0 Å². The fourth-order valence-electron chi connectivity index (χ4n) is 4.39. The Hall–Kier alpha value is -1.03. The summed E-state index contributed by atoms with van der Waals surface area (Å²) in [5.74, 6) is 2.15. The lowest BCUT2D eigenvalue weighted by Crippen LogP contribution is -2.46. The van der Waals surface area contributed by atoms with Crippen LogP contribution in [-0.4, -0.2) is 23.1 Å². The molecule has 0 aromatic carbocycles. The van der Waals surface area contributed by atoms with Crippen molar-refractivity contribution >= 4 is 23.4 Å². The first-order valence-electron chi connectivity index (χ1n) is 7.33. The van der Waals surface area contributed by atoms with Crippen molar-refractivity contribution in [2.75, 3.05) is 17.7 Å². The van der Waals surface area contributed by atoms with Gasteiger partial charge >= 0.3 is 0 Å². The molecule has 2 saturated carbocycles. The third kappa shape index (κ3) is 1.96. The van der Waals surface area contributed by atoms with E-state index in [1.807, 2.05) is 7.05 Å². The van der Waals surface area contributed by atoms with Crippen LogP contribution in [0.1, 0.15) is 40.0 Å². The predicted octanol–water partition coefficient (Wildman–Crippen LogP) is 3.80. The highest BCUT2D eigenvalue weighted by molar-refractivity contribution is 6.32. The molecule has 1 heterocycles. The zero-order chi connectivity index (χ0) is 14.5. The van der Waals surface area contributed by atoms with Gasteiger partial charge in [0.2, 0.25) is 5.95 Å². The minimum absolute atomic E-state index is 0.279. The molecule has 1 aromatic heterocycles. The van der Waals surface area contributed by atoms with Crippen molar-refractivity contribution in [2.24, 2.45) is 16.7 Å². The molecule has 20 heavy (non-hydrogen) atoms. The topological polar surface area (TPSA) is 49.8 Å². The average Bonchev–Trinajstić information content (AvgIpc) is 2.88. The highest BCUT2D eigenvalue weighted by Crippen LogP contribution is 2.63. The van der Waals surface area contributed by atoms with Gasteiger partial charge in [0.05, 0.1) is 6.20 Å². The number of hydrogen-bond donors (Lipinski definition) is 2. The Labute approximate surface area is 125 Å². The molecule has 3 rings (SSSR count). The number of nitrogens with zero attached hydrogens (tertiary/aromatic N) is 2. The molecule has 0 aliphatic heterocycles. The molecule has 0 saturated heterocycles. The molecule has 0 spiro atoms. The van der Waals surface area contributed by atoms with Crippen LogP contribution >= 0.6 is 11.6 Å². The van der Waals surface area contributed by atoms with Gasteiger partial charge in [0.1, 0.15) is 5.02 Å². The van der Waals surface area contributed by atoms with E-state index in [4.69, 9.17) is 11.6 Å². The Morgan fingerprint density at radius 3 is 2.70 bits per heavy atom. The summed E-state index contributed by atoms with van der Waals surface area (Å²) in [6, 6.07) is 0.408. The van der Waals surface area contributed by atoms with E-state index in [0.29, 0.717) is 22.4 Å². The molecular weight excluding hydrogens is 272 g/mol. The average molecular weight is 295 g/mol. The first-order valence-corrected chi connectivity index (χ1v) is 7.71. The number of anilines is 2. The van der Waals surface area contributed by atoms with Crippen LogP contribution in [0.25, 0.3) is 0 Å². The third-order valence-corrected chi connectivity index (χ3v) is 5.80. The summed E-state index contributed by atoms with van der Waals surface area (Å²) >= 11 is 6.26. The summed E-state index contributed by atoms with van der Waals surface area (Å²) < 4.78 is 0. The minimum Gasteiger partial charge on any atom is -0.365 e. The molecule has 2 aliphatic rings. The molecule has 2 bridgehead atoms. The standard InChI is InChI=1S/C15H23ClN4/c1-14(2)9-5-6-15(3,7-9)12(14)19-11-10(16)8-18-13(17-4)20-11/h8-9,12H,5-7H2,1-4H3,(H2,17,18,19,20). The lowest BCUT2D eigenvalue weighted by Gasteiger charge is -2.43. The van der Waals surface area contributed by atoms with Crippen LogP contribution in [0.3, 0.4) is 0 Å². The van der Waals surface area contributed by atoms with E-state index in [-0.39, 0.29) is 5.41 Å². The van der Waals surface area contributed by atoms with Crippen molar-refractivity contribution < 1.29 is 0 Å². The predicted molar refractivity (Wildman–Crippen MR) is 83.2 cm³/mol. The van der Waals surface area contributed by atoms with Gasteiger partial charge in [-0.2, -0.15) is 4.98 Å². The van der Waals surface area contributed by atoms with Gasteiger partial charge in [-0.1, -0.05) is 32.4 Å². The van der Waals surface area contributed by atoms with Gasteiger partial charge in [0.15, 0.2) is 5.82 Å². The summed E-state index contributed by atoms with van der Waals surface area (Å²) in [6.45, 7) is 7.13. The monoisotopic (exact) mass is 294 g/mol. The Bertz CT molecular complexity index is 526. The number of fused-ring (bicyclic) bond motifs is 2. The van der Waals surface area contributed by atoms with Crippen LogP contribution in [0.2, 0.25) is 5.02 Å². The van der Waals surface area contributed by atoms with Crippen molar-refractivity contribution in [3.05, 3.63) is 11.2 Å². The van der Waals surface area contributed by atoms with E-state index in [0.717, 1.165) is 11.7 Å². The SMILES string of the molecule is CNc1ncc(Cl)c(NC2C3(C)CCC(C3)C2(C)C)n1. The molecule has 1 aromatic rings. The molecule has 110 valence electrons. The van der Waals surface area contributed by atoms with Gasteiger partial charge < -0.3 is 10.6 Å². The van der Waals surface area contributed by atoms with Crippen LogP contribution in [0, 0.1) is 16.7 Å². The first kappa shape index (κ1) is 13.9. The van der Waals surface area contributed by atoms with E-state index in [1.54, 1.807) is 6.20 Å². The molecular formula is C15H23ClN4. The van der Waals surface area contributed by atoms with Crippen molar-refractivity contribution in [1.29, 1.82) is 0 Å². The maximum Gasteiger partial charge on any atom is 0.224 e. The highest BCUT2D eigenvalue weighted by Gasteiger charge is 2.59. The van der Waals surface area contributed by atoms with E-state index in [1.165, 1.54) is 19.3 Å². The lowest BCUT2D eigenvalue weighted by molar-refractivity contribution is 0.155. The second kappa shape index (κ2) is 4.48. The molecule has 5 heteroatoms. The summed E-state index contributed by atoms with van der Waals surface area (Å²) in [4.78, 5) is 8.61. The van der Waals surface area contributed by atoms with Gasteiger partial charge in [-0.05, 0) is 36.0 Å². The summed E-state index contributed by atoms with van der Waals surface area (Å²) in [5.41, 5.74) is 0.628. The summed E-state index contributed by atoms with van der Waals surface area (Å²) in [6.07, 6.45) is 5.60. The second-order valence-electron chi connectivity index (χ2n) is 7.13. The van der Waals surface area contributed by atoms with Crippen LogP contribution < -0.4 is 10.6 Å². The van der Waals surface area contributed by atoms with Crippen molar-refractivity contribution in [1.82, 2.24) is 9.97 Å². The number of nitrogens with one attached hydrogen (secondary N) is 2. The van der Waals surface area contributed by atoms with Gasteiger partial charge in [0, 0.05) is 13.1 Å². The Morgan fingerprint density at radius 1 is 1.35 bits per heavy atom. The van der Waals surface area contributed by atoms with Crippen LogP contribution in [0.15, 0.2) is 6.20 Å². The highest BCUT2D eigenvalue weighted by atomic mass is 35.5. The molecule has 2 N–H and O–H groups in total. The van der Waals surface area contributed by atoms with Gasteiger partial charge in [0.25, 0.3) is 0 Å². The fourth-order valence-corrected chi connectivity index (χ4v) is 4.53. The van der Waals surface area contributed by atoms with Crippen molar-refractivity contribution in [2.45, 2.75) is 46.1 Å². The number of hydrogen-bond acceptors (Lipinski definition) is 4. The van der Waals surface area contributed by atoms with E-state index in [9.17, 15) is 0 Å². The Kier molecular flexibility index (Phi) is 3.12. The molecule has 3 unspecified atom stereocenters. The second-order valence-corrected chi connectivity index (χ2v) is 7.54. The maximum absolute atomic E-state index is 6.26. The first-order chi connectivity index (χ1) is 9.37. The zero-order valence-corrected chi connectivity index (χ0v) is 13.4.